The van der Waals surface area contributed by atoms with Crippen LogP contribution in [0.25, 0.3) is 0 Å². The van der Waals surface area contributed by atoms with Gasteiger partial charge in [-0.25, -0.2) is 8.42 Å². The molecule has 0 aliphatic heterocycles. The monoisotopic (exact) mass is 318 g/mol. The van der Waals surface area contributed by atoms with Crippen LogP contribution >= 0.6 is 15.9 Å². The van der Waals surface area contributed by atoms with Crippen molar-refractivity contribution in [3.05, 3.63) is 34.3 Å². The zero-order chi connectivity index (χ0) is 12.8. The highest BCUT2D eigenvalue weighted by Crippen LogP contribution is 2.53. The summed E-state index contributed by atoms with van der Waals surface area (Å²) >= 11 is 3.34. The first kappa shape index (κ1) is 13.0. The summed E-state index contributed by atoms with van der Waals surface area (Å²) in [6.45, 7) is 0.172. The molecule has 4 nitrogen and oxygen atoms in total. The fourth-order valence-electron chi connectivity index (χ4n) is 2.47. The Morgan fingerprint density at radius 3 is 2.24 bits per heavy atom. The van der Waals surface area contributed by atoms with Gasteiger partial charge in [0.15, 0.2) is 9.84 Å². The van der Waals surface area contributed by atoms with Gasteiger partial charge in [-0.2, -0.15) is 0 Å². The maximum Gasteiger partial charge on any atom is 0.152 e. The Labute approximate surface area is 109 Å². The normalized spacial score (nSPS) is 32.5. The third kappa shape index (κ3) is 2.14. The third-order valence-corrected chi connectivity index (χ3v) is 5.51. The van der Waals surface area contributed by atoms with Crippen LogP contribution in [-0.2, 0) is 9.84 Å². The Kier molecular flexibility index (Phi) is 3.10. The van der Waals surface area contributed by atoms with Gasteiger partial charge in [0.1, 0.15) is 0 Å². The molecule has 0 spiro atoms. The van der Waals surface area contributed by atoms with Gasteiger partial charge in [-0.3, -0.25) is 0 Å². The average Bonchev–Trinajstić information content (AvgIpc) is 2.87. The second-order valence-corrected chi connectivity index (χ2v) is 7.68. The molecule has 0 bridgehead atoms. The van der Waals surface area contributed by atoms with Crippen molar-refractivity contribution in [2.24, 2.45) is 11.5 Å². The van der Waals surface area contributed by atoms with E-state index < -0.39 is 20.6 Å². The lowest BCUT2D eigenvalue weighted by Crippen LogP contribution is -2.38. The predicted octanol–water partition coefficient (Wildman–Crippen LogP) is 0.616. The molecular formula is C11H15BrN2O2S. The first-order chi connectivity index (χ1) is 7.80. The summed E-state index contributed by atoms with van der Waals surface area (Å²) in [6.07, 6.45) is 1.22. The van der Waals surface area contributed by atoms with Gasteiger partial charge in [-0.05, 0) is 17.7 Å². The van der Waals surface area contributed by atoms with Crippen LogP contribution in [0.15, 0.2) is 28.7 Å². The molecule has 0 radical (unpaired) electrons. The Morgan fingerprint density at radius 2 is 1.88 bits per heavy atom. The molecule has 6 heteroatoms. The van der Waals surface area contributed by atoms with E-state index in [9.17, 15) is 8.42 Å². The van der Waals surface area contributed by atoms with Gasteiger partial charge in [0.2, 0.25) is 0 Å². The largest absolute Gasteiger partial charge is 0.329 e. The van der Waals surface area contributed by atoms with Gasteiger partial charge in [0.25, 0.3) is 0 Å². The molecule has 0 unspecified atom stereocenters. The summed E-state index contributed by atoms with van der Waals surface area (Å²) in [5.74, 6) is -0.199. The lowest BCUT2D eigenvalue weighted by Gasteiger charge is -2.07. The van der Waals surface area contributed by atoms with Crippen LogP contribution in [0.2, 0.25) is 0 Å². The highest BCUT2D eigenvalue weighted by molar-refractivity contribution is 9.10. The molecule has 1 aromatic rings. The molecule has 1 aliphatic carbocycles. The fourth-order valence-corrected chi connectivity index (χ4v) is 4.60. The molecule has 0 saturated heterocycles. The summed E-state index contributed by atoms with van der Waals surface area (Å²) in [7, 11) is -3.17. The van der Waals surface area contributed by atoms with Crippen molar-refractivity contribution in [3.8, 4) is 0 Å². The van der Waals surface area contributed by atoms with Crippen molar-refractivity contribution < 1.29 is 8.42 Å². The van der Waals surface area contributed by atoms with Crippen LogP contribution in [-0.4, -0.2) is 32.0 Å². The van der Waals surface area contributed by atoms with E-state index in [1.807, 2.05) is 24.3 Å². The standard InChI is InChI=1S/C11H15BrN2O2S/c1-17(15,16)10-9(11(10,14)6-13)7-2-4-8(12)5-3-7/h2-5,9-10H,6,13-14H2,1H3/t9-,10-,11+/m1/s1. The van der Waals surface area contributed by atoms with E-state index in [4.69, 9.17) is 11.5 Å². The maximum absolute atomic E-state index is 11.7. The molecular weight excluding hydrogens is 304 g/mol. The molecule has 1 saturated carbocycles. The highest BCUT2D eigenvalue weighted by Gasteiger charge is 2.67. The lowest BCUT2D eigenvalue weighted by molar-refractivity contribution is 0.591. The number of hydrogen-bond donors (Lipinski definition) is 2. The van der Waals surface area contributed by atoms with Gasteiger partial charge < -0.3 is 11.5 Å². The lowest BCUT2D eigenvalue weighted by atomic mass is 10.1. The number of halogens is 1. The molecule has 1 aromatic carbocycles. The fraction of sp³-hybridized carbons (Fsp3) is 0.455. The molecule has 94 valence electrons. The number of sulfone groups is 1. The van der Waals surface area contributed by atoms with E-state index in [1.165, 1.54) is 6.26 Å². The second kappa shape index (κ2) is 4.05. The predicted molar refractivity (Wildman–Crippen MR) is 71.5 cm³/mol. The van der Waals surface area contributed by atoms with Crippen LogP contribution in [0.5, 0.6) is 0 Å². The van der Waals surface area contributed by atoms with Crippen LogP contribution in [0.3, 0.4) is 0 Å². The molecule has 0 heterocycles. The van der Waals surface area contributed by atoms with Crippen molar-refractivity contribution in [1.82, 2.24) is 0 Å². The zero-order valence-corrected chi connectivity index (χ0v) is 11.8. The molecule has 1 aliphatic rings. The van der Waals surface area contributed by atoms with Crippen molar-refractivity contribution in [2.75, 3.05) is 12.8 Å². The van der Waals surface area contributed by atoms with E-state index in [0.29, 0.717) is 0 Å². The number of rotatable bonds is 3. The van der Waals surface area contributed by atoms with Crippen molar-refractivity contribution in [2.45, 2.75) is 16.7 Å². The highest BCUT2D eigenvalue weighted by atomic mass is 79.9. The SMILES string of the molecule is CS(=O)(=O)[C@@H]1[C@@H](c2ccc(Br)cc2)[C@@]1(N)CN. The van der Waals surface area contributed by atoms with E-state index in [-0.39, 0.29) is 12.5 Å². The molecule has 2 rings (SSSR count). The van der Waals surface area contributed by atoms with Gasteiger partial charge in [-0.1, -0.05) is 28.1 Å². The van der Waals surface area contributed by atoms with Crippen LogP contribution < -0.4 is 11.5 Å². The number of benzene rings is 1. The molecule has 0 amide bonds. The molecule has 1 fully saturated rings. The first-order valence-electron chi connectivity index (χ1n) is 5.24. The van der Waals surface area contributed by atoms with Gasteiger partial charge >= 0.3 is 0 Å². The Balaban J connectivity index is 2.37. The Bertz CT molecular complexity index is 529. The van der Waals surface area contributed by atoms with E-state index >= 15 is 0 Å². The summed E-state index contributed by atoms with van der Waals surface area (Å²) in [6, 6.07) is 7.53. The minimum Gasteiger partial charge on any atom is -0.329 e. The van der Waals surface area contributed by atoms with Crippen LogP contribution in [0, 0.1) is 0 Å². The van der Waals surface area contributed by atoms with Gasteiger partial charge in [0.05, 0.1) is 10.8 Å². The first-order valence-corrected chi connectivity index (χ1v) is 7.99. The van der Waals surface area contributed by atoms with E-state index in [1.54, 1.807) is 0 Å². The number of nitrogens with two attached hydrogens (primary N) is 2. The molecule has 3 atom stereocenters. The van der Waals surface area contributed by atoms with Crippen molar-refractivity contribution >= 4 is 25.8 Å². The second-order valence-electron chi connectivity index (χ2n) is 4.60. The summed E-state index contributed by atoms with van der Waals surface area (Å²) in [5.41, 5.74) is 11.8. The molecule has 0 aromatic heterocycles. The smallest absolute Gasteiger partial charge is 0.152 e. The van der Waals surface area contributed by atoms with Crippen molar-refractivity contribution in [3.63, 3.8) is 0 Å². The van der Waals surface area contributed by atoms with Crippen LogP contribution in [0.1, 0.15) is 11.5 Å². The molecule has 17 heavy (non-hydrogen) atoms. The van der Waals surface area contributed by atoms with Crippen molar-refractivity contribution in [1.29, 1.82) is 0 Å². The minimum atomic E-state index is -3.17. The summed E-state index contributed by atoms with van der Waals surface area (Å²) in [5, 5.41) is -0.568. The topological polar surface area (TPSA) is 86.2 Å². The average molecular weight is 319 g/mol. The van der Waals surface area contributed by atoms with E-state index in [2.05, 4.69) is 15.9 Å². The van der Waals surface area contributed by atoms with Gasteiger partial charge in [0, 0.05) is 23.2 Å². The number of hydrogen-bond acceptors (Lipinski definition) is 4. The maximum atomic E-state index is 11.7. The third-order valence-electron chi connectivity index (χ3n) is 3.35. The quantitative estimate of drug-likeness (QED) is 0.855. The summed E-state index contributed by atoms with van der Waals surface area (Å²) < 4.78 is 24.3. The summed E-state index contributed by atoms with van der Waals surface area (Å²) in [4.78, 5) is 0. The van der Waals surface area contributed by atoms with E-state index in [0.717, 1.165) is 10.0 Å². The Morgan fingerprint density at radius 1 is 1.35 bits per heavy atom. The van der Waals surface area contributed by atoms with Gasteiger partial charge in [-0.15, -0.1) is 0 Å². The Hall–Kier alpha value is -0.430. The minimum absolute atomic E-state index is 0.172. The van der Waals surface area contributed by atoms with Crippen LogP contribution in [0.4, 0.5) is 0 Å². The molecule has 4 N–H and O–H groups in total. The zero-order valence-electron chi connectivity index (χ0n) is 9.43.